The van der Waals surface area contributed by atoms with Gasteiger partial charge in [0.05, 0.1) is 19.8 Å². The highest BCUT2D eigenvalue weighted by Gasteiger charge is 2.47. The number of allylic oxidation sites excluding steroid dienone is 3. The Hall–Kier alpha value is -3.29. The second-order valence-electron chi connectivity index (χ2n) is 9.63. The van der Waals surface area contributed by atoms with Crippen LogP contribution in [0.2, 0.25) is 0 Å². The molecule has 1 heterocycles. The average Bonchev–Trinajstić information content (AvgIpc) is 2.83. The highest BCUT2D eigenvalue weighted by molar-refractivity contribution is 6.12. The van der Waals surface area contributed by atoms with Crippen molar-refractivity contribution in [3.63, 3.8) is 0 Å². The Labute approximate surface area is 205 Å². The predicted molar refractivity (Wildman–Crippen MR) is 128 cm³/mol. The van der Waals surface area contributed by atoms with Gasteiger partial charge in [-0.3, -0.25) is 9.59 Å². The van der Waals surface area contributed by atoms with E-state index in [2.05, 4.69) is 5.32 Å². The van der Waals surface area contributed by atoms with Crippen molar-refractivity contribution in [2.45, 2.75) is 64.4 Å². The van der Waals surface area contributed by atoms with Crippen molar-refractivity contribution in [3.8, 4) is 11.5 Å². The number of methoxy groups -OCH3 is 2. The topological polar surface area (TPSA) is 111 Å². The fourth-order valence-electron chi connectivity index (χ4n) is 5.57. The molecule has 0 saturated heterocycles. The quantitative estimate of drug-likeness (QED) is 0.479. The number of Topliss-reactive ketones (excluding diaryl/α,β-unsaturated/α-hetero) is 1. The molecule has 35 heavy (non-hydrogen) atoms. The van der Waals surface area contributed by atoms with Gasteiger partial charge in [-0.15, -0.1) is 0 Å². The van der Waals surface area contributed by atoms with Gasteiger partial charge in [0.25, 0.3) is 0 Å². The van der Waals surface area contributed by atoms with E-state index in [4.69, 9.17) is 14.2 Å². The van der Waals surface area contributed by atoms with Gasteiger partial charge in [-0.2, -0.15) is 0 Å². The predicted octanol–water partition coefficient (Wildman–Crippen LogP) is 3.89. The van der Waals surface area contributed by atoms with Gasteiger partial charge in [0, 0.05) is 22.9 Å². The van der Waals surface area contributed by atoms with E-state index in [0.717, 1.165) is 32.1 Å². The molecule has 1 aromatic rings. The van der Waals surface area contributed by atoms with Crippen molar-refractivity contribution < 1.29 is 33.7 Å². The first kappa shape index (κ1) is 24.8. The van der Waals surface area contributed by atoms with Gasteiger partial charge in [0.2, 0.25) is 0 Å². The van der Waals surface area contributed by atoms with E-state index in [1.54, 1.807) is 19.1 Å². The van der Waals surface area contributed by atoms with Crippen LogP contribution in [0.3, 0.4) is 0 Å². The number of esters is 2. The number of nitrogens with one attached hydrogen (secondary N) is 1. The van der Waals surface area contributed by atoms with E-state index in [9.17, 15) is 19.5 Å². The van der Waals surface area contributed by atoms with Crippen molar-refractivity contribution in [2.24, 2.45) is 11.8 Å². The molecule has 188 valence electrons. The molecule has 4 rings (SSSR count). The minimum atomic E-state index is -0.969. The Kier molecular flexibility index (Phi) is 7.19. The summed E-state index contributed by atoms with van der Waals surface area (Å²) in [5.74, 6) is -3.33. The molecule has 2 aliphatic carbocycles. The van der Waals surface area contributed by atoms with Crippen LogP contribution < -0.4 is 10.1 Å². The highest BCUT2D eigenvalue weighted by Crippen LogP contribution is 2.47. The van der Waals surface area contributed by atoms with Gasteiger partial charge in [-0.1, -0.05) is 19.4 Å². The number of hydrogen-bond acceptors (Lipinski definition) is 8. The lowest BCUT2D eigenvalue weighted by Gasteiger charge is -2.38. The summed E-state index contributed by atoms with van der Waals surface area (Å²) < 4.78 is 16.0. The molecule has 1 fully saturated rings. The van der Waals surface area contributed by atoms with Crippen LogP contribution >= 0.6 is 0 Å². The SMILES string of the molecule is COC(=O)[C@@H]1C(=O)C2=C(C[C@@H]1C)NC(C)=C(C(=O)OC1CCCCC1)[C@@H]2c1ccc(OC)c(O)c1. The molecule has 0 bridgehead atoms. The van der Waals surface area contributed by atoms with Crippen LogP contribution in [-0.2, 0) is 23.9 Å². The average molecular weight is 484 g/mol. The number of phenols is 1. The first-order valence-electron chi connectivity index (χ1n) is 12.2. The zero-order valence-electron chi connectivity index (χ0n) is 20.7. The number of hydrogen-bond donors (Lipinski definition) is 2. The molecule has 8 heteroatoms. The molecule has 0 spiro atoms. The molecule has 0 radical (unpaired) electrons. The minimum Gasteiger partial charge on any atom is -0.504 e. The number of ether oxygens (including phenoxy) is 3. The lowest BCUT2D eigenvalue weighted by molar-refractivity contribution is -0.151. The molecule has 1 aromatic carbocycles. The van der Waals surface area contributed by atoms with Crippen LogP contribution in [0.25, 0.3) is 0 Å². The lowest BCUT2D eigenvalue weighted by atomic mass is 9.69. The third kappa shape index (κ3) is 4.66. The molecule has 8 nitrogen and oxygen atoms in total. The van der Waals surface area contributed by atoms with E-state index in [0.29, 0.717) is 34.5 Å². The minimum absolute atomic E-state index is 0.107. The molecule has 1 aliphatic heterocycles. The first-order chi connectivity index (χ1) is 16.8. The largest absolute Gasteiger partial charge is 0.504 e. The van der Waals surface area contributed by atoms with Gasteiger partial charge in [-0.05, 0) is 62.6 Å². The second-order valence-corrected chi connectivity index (χ2v) is 9.63. The Morgan fingerprint density at radius 2 is 1.83 bits per heavy atom. The third-order valence-corrected chi connectivity index (χ3v) is 7.33. The van der Waals surface area contributed by atoms with Crippen LogP contribution in [-0.4, -0.2) is 43.2 Å². The number of rotatable bonds is 5. The third-order valence-electron chi connectivity index (χ3n) is 7.33. The molecule has 0 unspecified atom stereocenters. The van der Waals surface area contributed by atoms with Crippen LogP contribution in [0.1, 0.15) is 63.9 Å². The van der Waals surface area contributed by atoms with Gasteiger partial charge < -0.3 is 24.6 Å². The van der Waals surface area contributed by atoms with Crippen LogP contribution in [0.4, 0.5) is 0 Å². The van der Waals surface area contributed by atoms with Crippen LogP contribution in [0.5, 0.6) is 11.5 Å². The number of phenolic OH excluding ortho intramolecular Hbond substituents is 1. The van der Waals surface area contributed by atoms with Crippen molar-refractivity contribution in [1.29, 1.82) is 0 Å². The first-order valence-corrected chi connectivity index (χ1v) is 12.2. The van der Waals surface area contributed by atoms with Crippen molar-refractivity contribution >= 4 is 17.7 Å². The van der Waals surface area contributed by atoms with E-state index in [-0.39, 0.29) is 29.3 Å². The summed E-state index contributed by atoms with van der Waals surface area (Å²) >= 11 is 0. The summed E-state index contributed by atoms with van der Waals surface area (Å²) in [5.41, 5.74) is 2.46. The van der Waals surface area contributed by atoms with E-state index < -0.39 is 23.8 Å². The van der Waals surface area contributed by atoms with Crippen LogP contribution in [0, 0.1) is 11.8 Å². The number of benzene rings is 1. The molecule has 0 amide bonds. The molecule has 2 N–H and O–H groups in total. The molecule has 0 aromatic heterocycles. The van der Waals surface area contributed by atoms with Gasteiger partial charge >= 0.3 is 11.9 Å². The summed E-state index contributed by atoms with van der Waals surface area (Å²) in [7, 11) is 2.71. The Morgan fingerprint density at radius 1 is 1.11 bits per heavy atom. The normalized spacial score (nSPS) is 25.0. The molecular formula is C27H33NO7. The Balaban J connectivity index is 1.81. The number of dihydropyridines is 1. The van der Waals surface area contributed by atoms with Gasteiger partial charge in [-0.25, -0.2) is 4.79 Å². The zero-order valence-corrected chi connectivity index (χ0v) is 20.7. The maximum Gasteiger partial charge on any atom is 0.337 e. The zero-order chi connectivity index (χ0) is 25.3. The van der Waals surface area contributed by atoms with E-state index in [1.807, 2.05) is 6.92 Å². The number of aromatic hydroxyl groups is 1. The number of carbonyl (C=O) groups excluding carboxylic acids is 3. The fraction of sp³-hybridized carbons (Fsp3) is 0.519. The van der Waals surface area contributed by atoms with Crippen LogP contribution in [0.15, 0.2) is 40.7 Å². The van der Waals surface area contributed by atoms with Gasteiger partial charge in [0.15, 0.2) is 17.3 Å². The summed E-state index contributed by atoms with van der Waals surface area (Å²) in [6.45, 7) is 3.63. The lowest BCUT2D eigenvalue weighted by Crippen LogP contribution is -2.43. The van der Waals surface area contributed by atoms with Crippen molar-refractivity contribution in [1.82, 2.24) is 5.32 Å². The van der Waals surface area contributed by atoms with Gasteiger partial charge in [0.1, 0.15) is 12.0 Å². The van der Waals surface area contributed by atoms with E-state index >= 15 is 0 Å². The Bertz CT molecular complexity index is 1100. The molecule has 3 aliphatic rings. The summed E-state index contributed by atoms with van der Waals surface area (Å²) in [5, 5.41) is 13.8. The smallest absolute Gasteiger partial charge is 0.337 e. The standard InChI is InChI=1S/C27H33NO7/c1-14-12-18-24(25(30)21(14)26(31)34-4)23(16-10-11-20(33-3)19(29)13-16)22(15(2)28-18)27(32)35-17-8-6-5-7-9-17/h10-11,13-14,17,21,23,28-29H,5-9,12H2,1-4H3/t14-,21-,23-/m0/s1. The summed E-state index contributed by atoms with van der Waals surface area (Å²) in [6, 6.07) is 4.82. The highest BCUT2D eigenvalue weighted by atomic mass is 16.5. The van der Waals surface area contributed by atoms with Crippen molar-refractivity contribution in [3.05, 3.63) is 46.3 Å². The monoisotopic (exact) mass is 483 g/mol. The molecule has 1 saturated carbocycles. The maximum absolute atomic E-state index is 13.8. The Morgan fingerprint density at radius 3 is 2.46 bits per heavy atom. The molecule has 3 atom stereocenters. The molecular weight excluding hydrogens is 450 g/mol. The second kappa shape index (κ2) is 10.1. The summed E-state index contributed by atoms with van der Waals surface area (Å²) in [6.07, 6.45) is 5.06. The maximum atomic E-state index is 13.8. The summed E-state index contributed by atoms with van der Waals surface area (Å²) in [4.78, 5) is 39.9. The number of carbonyl (C=O) groups is 3. The number of ketones is 1. The fourth-order valence-corrected chi connectivity index (χ4v) is 5.57. The van der Waals surface area contributed by atoms with E-state index in [1.165, 1.54) is 20.3 Å². The van der Waals surface area contributed by atoms with Crippen molar-refractivity contribution in [2.75, 3.05) is 14.2 Å².